The number of aryl methyl sites for hydroxylation is 1. The maximum Gasteiger partial charge on any atom is 0.260 e. The van der Waals surface area contributed by atoms with Crippen LogP contribution in [0.4, 0.5) is 11.5 Å². The summed E-state index contributed by atoms with van der Waals surface area (Å²) in [5.41, 5.74) is 6.69. The molecule has 4 N–H and O–H groups in total. The van der Waals surface area contributed by atoms with Crippen LogP contribution in [0.3, 0.4) is 0 Å². The number of benzene rings is 1. The van der Waals surface area contributed by atoms with Crippen molar-refractivity contribution in [1.29, 1.82) is 0 Å². The van der Waals surface area contributed by atoms with Crippen LogP contribution in [0.25, 0.3) is 0 Å². The molecule has 1 aromatic carbocycles. The van der Waals surface area contributed by atoms with E-state index in [0.717, 1.165) is 0 Å². The third-order valence-electron chi connectivity index (χ3n) is 3.33. The molecule has 8 heteroatoms. The first-order chi connectivity index (χ1) is 11.8. The number of anilines is 2. The van der Waals surface area contributed by atoms with Gasteiger partial charge in [-0.15, -0.1) is 0 Å². The number of hydrogen-bond donors (Lipinski definition) is 3. The number of nitrogen functional groups attached to an aromatic ring is 1. The summed E-state index contributed by atoms with van der Waals surface area (Å²) in [4.78, 5) is 32.3. The highest BCUT2D eigenvalue weighted by Gasteiger charge is 2.15. The minimum Gasteiger partial charge on any atom is -0.383 e. The van der Waals surface area contributed by atoms with Crippen LogP contribution in [0.5, 0.6) is 0 Å². The number of rotatable bonds is 5. The Morgan fingerprint density at radius 3 is 2.56 bits per heavy atom. The number of nitrogens with two attached hydrogens (primary N) is 1. The number of carbonyl (C=O) groups is 2. The maximum atomic E-state index is 12.3. The van der Waals surface area contributed by atoms with E-state index in [4.69, 9.17) is 17.3 Å². The molecule has 0 radical (unpaired) electrons. The van der Waals surface area contributed by atoms with Gasteiger partial charge >= 0.3 is 0 Å². The van der Waals surface area contributed by atoms with Crippen LogP contribution < -0.4 is 16.4 Å². The molecule has 0 unspecified atom stereocenters. The van der Waals surface area contributed by atoms with Gasteiger partial charge in [0.15, 0.2) is 0 Å². The second kappa shape index (κ2) is 7.94. The summed E-state index contributed by atoms with van der Waals surface area (Å²) >= 11 is 6.16. The predicted molar refractivity (Wildman–Crippen MR) is 97.8 cm³/mol. The lowest BCUT2D eigenvalue weighted by Crippen LogP contribution is -2.27. The maximum absolute atomic E-state index is 12.3. The first-order valence-corrected chi connectivity index (χ1v) is 8.14. The predicted octanol–water partition coefficient (Wildman–Crippen LogP) is 2.66. The molecule has 2 aromatic rings. The first kappa shape index (κ1) is 18.7. The second-order valence-electron chi connectivity index (χ2n) is 5.97. The van der Waals surface area contributed by atoms with Gasteiger partial charge in [-0.2, -0.15) is 0 Å². The van der Waals surface area contributed by atoms with Gasteiger partial charge in [0.1, 0.15) is 17.2 Å². The summed E-state index contributed by atoms with van der Waals surface area (Å²) in [7, 11) is 0. The molecule has 0 saturated carbocycles. The Labute approximate surface area is 151 Å². The lowest BCUT2D eigenvalue weighted by atomic mass is 10.1. The van der Waals surface area contributed by atoms with Crippen molar-refractivity contribution in [2.45, 2.75) is 20.8 Å². The van der Waals surface area contributed by atoms with Crippen LogP contribution in [-0.2, 0) is 0 Å². The molecule has 25 heavy (non-hydrogen) atoms. The van der Waals surface area contributed by atoms with E-state index in [9.17, 15) is 9.59 Å². The third-order valence-corrected chi connectivity index (χ3v) is 3.64. The molecule has 2 amide bonds. The molecule has 1 heterocycles. The van der Waals surface area contributed by atoms with Crippen LogP contribution >= 0.6 is 11.6 Å². The Morgan fingerprint density at radius 1 is 1.24 bits per heavy atom. The molecule has 0 aliphatic carbocycles. The van der Waals surface area contributed by atoms with Crippen LogP contribution in [0.2, 0.25) is 5.02 Å². The summed E-state index contributed by atoms with van der Waals surface area (Å²) in [5.74, 6) is 0.205. The highest BCUT2D eigenvalue weighted by molar-refractivity contribution is 6.34. The zero-order chi connectivity index (χ0) is 18.6. The van der Waals surface area contributed by atoms with Gasteiger partial charge < -0.3 is 16.4 Å². The Bertz CT molecular complexity index is 808. The Kier molecular flexibility index (Phi) is 5.93. The molecular formula is C17H20ClN5O2. The van der Waals surface area contributed by atoms with Gasteiger partial charge in [-0.3, -0.25) is 9.59 Å². The van der Waals surface area contributed by atoms with Crippen molar-refractivity contribution in [2.75, 3.05) is 17.6 Å². The molecule has 1 aromatic heterocycles. The Balaban J connectivity index is 2.12. The fourth-order valence-electron chi connectivity index (χ4n) is 2.03. The van der Waals surface area contributed by atoms with E-state index in [1.54, 1.807) is 19.1 Å². The normalized spacial score (nSPS) is 10.6. The van der Waals surface area contributed by atoms with Gasteiger partial charge in [0.2, 0.25) is 0 Å². The van der Waals surface area contributed by atoms with Gasteiger partial charge in [0.25, 0.3) is 11.8 Å². The SMILES string of the molecule is Cc1ncc(C(=O)Nc2ccc(C(=O)NCC(C)C)c(Cl)c2)c(N)n1. The number of carbonyl (C=O) groups excluding carboxylic acids is 2. The van der Waals surface area contributed by atoms with Crippen molar-refractivity contribution < 1.29 is 9.59 Å². The van der Waals surface area contributed by atoms with Gasteiger partial charge in [-0.05, 0) is 31.0 Å². The van der Waals surface area contributed by atoms with E-state index in [1.165, 1.54) is 12.3 Å². The van der Waals surface area contributed by atoms with Crippen molar-refractivity contribution in [3.63, 3.8) is 0 Å². The van der Waals surface area contributed by atoms with Crippen LogP contribution in [0.1, 0.15) is 40.4 Å². The molecule has 0 saturated heterocycles. The van der Waals surface area contributed by atoms with Crippen LogP contribution in [0, 0.1) is 12.8 Å². The van der Waals surface area contributed by atoms with Crippen molar-refractivity contribution in [1.82, 2.24) is 15.3 Å². The van der Waals surface area contributed by atoms with E-state index in [-0.39, 0.29) is 22.3 Å². The quantitative estimate of drug-likeness (QED) is 0.758. The molecule has 0 fully saturated rings. The third kappa shape index (κ3) is 4.90. The van der Waals surface area contributed by atoms with Crippen molar-refractivity contribution in [2.24, 2.45) is 5.92 Å². The minimum absolute atomic E-state index is 0.0979. The Morgan fingerprint density at radius 2 is 1.96 bits per heavy atom. The molecule has 0 aliphatic rings. The van der Waals surface area contributed by atoms with E-state index < -0.39 is 5.91 Å². The van der Waals surface area contributed by atoms with Gasteiger partial charge in [0, 0.05) is 18.4 Å². The number of amides is 2. The lowest BCUT2D eigenvalue weighted by molar-refractivity contribution is 0.0948. The summed E-state index contributed by atoms with van der Waals surface area (Å²) in [6, 6.07) is 4.66. The average molecular weight is 362 g/mol. The average Bonchev–Trinajstić information content (AvgIpc) is 2.52. The molecule has 7 nitrogen and oxygen atoms in total. The highest BCUT2D eigenvalue weighted by atomic mass is 35.5. The van der Waals surface area contributed by atoms with Gasteiger partial charge in [-0.25, -0.2) is 9.97 Å². The standard InChI is InChI=1S/C17H20ClN5O2/c1-9(2)7-21-16(24)12-5-4-11(6-14(12)18)23-17(25)13-8-20-10(3)22-15(13)19/h4-6,8-9H,7H2,1-3H3,(H,21,24)(H,23,25)(H2,19,20,22). The number of aromatic nitrogens is 2. The van der Waals surface area contributed by atoms with Gasteiger partial charge in [0.05, 0.1) is 10.6 Å². The van der Waals surface area contributed by atoms with Crippen molar-refractivity contribution >= 4 is 34.9 Å². The molecule has 0 aliphatic heterocycles. The fourth-order valence-corrected chi connectivity index (χ4v) is 2.30. The highest BCUT2D eigenvalue weighted by Crippen LogP contribution is 2.22. The molecule has 0 atom stereocenters. The van der Waals surface area contributed by atoms with E-state index in [0.29, 0.717) is 29.5 Å². The number of halogens is 1. The molecule has 0 spiro atoms. The summed E-state index contributed by atoms with van der Waals surface area (Å²) in [5, 5.41) is 5.70. The molecule has 132 valence electrons. The summed E-state index contributed by atoms with van der Waals surface area (Å²) < 4.78 is 0. The molecular weight excluding hydrogens is 342 g/mol. The number of hydrogen-bond acceptors (Lipinski definition) is 5. The molecule has 0 bridgehead atoms. The van der Waals surface area contributed by atoms with Crippen LogP contribution in [0.15, 0.2) is 24.4 Å². The fraction of sp³-hybridized carbons (Fsp3) is 0.294. The number of nitrogens with one attached hydrogen (secondary N) is 2. The molecule has 2 rings (SSSR count). The number of nitrogens with zero attached hydrogens (tertiary/aromatic N) is 2. The zero-order valence-electron chi connectivity index (χ0n) is 14.3. The smallest absolute Gasteiger partial charge is 0.260 e. The summed E-state index contributed by atoms with van der Waals surface area (Å²) in [6.07, 6.45) is 1.36. The second-order valence-corrected chi connectivity index (χ2v) is 6.38. The van der Waals surface area contributed by atoms with Crippen molar-refractivity contribution in [3.05, 3.63) is 46.4 Å². The van der Waals surface area contributed by atoms with E-state index in [1.807, 2.05) is 13.8 Å². The zero-order valence-corrected chi connectivity index (χ0v) is 15.0. The van der Waals surface area contributed by atoms with Gasteiger partial charge in [-0.1, -0.05) is 25.4 Å². The van der Waals surface area contributed by atoms with E-state index in [2.05, 4.69) is 20.6 Å². The Hall–Kier alpha value is -2.67. The minimum atomic E-state index is -0.453. The largest absolute Gasteiger partial charge is 0.383 e. The first-order valence-electron chi connectivity index (χ1n) is 7.76. The van der Waals surface area contributed by atoms with Crippen molar-refractivity contribution in [3.8, 4) is 0 Å². The monoisotopic (exact) mass is 361 g/mol. The van der Waals surface area contributed by atoms with E-state index >= 15 is 0 Å². The summed E-state index contributed by atoms with van der Waals surface area (Å²) in [6.45, 7) is 6.24. The van der Waals surface area contributed by atoms with Crippen LogP contribution in [-0.4, -0.2) is 28.3 Å². The topological polar surface area (TPSA) is 110 Å². The lowest BCUT2D eigenvalue weighted by Gasteiger charge is -2.11.